The molecule has 1 nitrogen and oxygen atoms in total. The minimum atomic E-state index is 0.578. The van der Waals surface area contributed by atoms with E-state index in [0.717, 1.165) is 11.7 Å². The van der Waals surface area contributed by atoms with Crippen molar-refractivity contribution in [1.82, 2.24) is 5.32 Å². The van der Waals surface area contributed by atoms with E-state index in [1.165, 1.54) is 23.3 Å². The summed E-state index contributed by atoms with van der Waals surface area (Å²) in [6, 6.07) is 18.3. The Morgan fingerprint density at radius 2 is 1.90 bits per heavy atom. The average Bonchev–Trinajstić information content (AvgIpc) is 2.49. The maximum atomic E-state index is 3.49. The number of hydrogen-bond donors (Lipinski definition) is 1. The molecule has 1 aliphatic rings. The smallest absolute Gasteiger partial charge is 0.0164 e. The molecular weight excluding hydrogens is 274 g/mol. The van der Waals surface area contributed by atoms with Crippen LogP contribution in [0.4, 0.5) is 0 Å². The Morgan fingerprint density at radius 1 is 1.14 bits per heavy atom. The fourth-order valence-electron chi connectivity index (χ4n) is 3.02. The van der Waals surface area contributed by atoms with Crippen LogP contribution in [0, 0.1) is 6.92 Å². The van der Waals surface area contributed by atoms with Gasteiger partial charge in [0, 0.05) is 16.7 Å². The number of thioether (sulfide) groups is 1. The molecule has 0 heterocycles. The fraction of sp³-hybridized carbons (Fsp3) is 0.368. The number of aryl methyl sites for hydroxylation is 1. The Kier molecular flexibility index (Phi) is 4.67. The van der Waals surface area contributed by atoms with Gasteiger partial charge in [0.05, 0.1) is 0 Å². The number of benzene rings is 2. The fourth-order valence-corrected chi connectivity index (χ4v) is 4.04. The van der Waals surface area contributed by atoms with Gasteiger partial charge in [0.25, 0.3) is 0 Å². The molecule has 2 atom stereocenters. The topological polar surface area (TPSA) is 12.0 Å². The van der Waals surface area contributed by atoms with Gasteiger partial charge in [-0.25, -0.2) is 0 Å². The third-order valence-corrected chi connectivity index (χ3v) is 5.59. The van der Waals surface area contributed by atoms with E-state index in [4.69, 9.17) is 0 Å². The zero-order chi connectivity index (χ0) is 14.7. The van der Waals surface area contributed by atoms with Crippen molar-refractivity contribution in [2.45, 2.75) is 36.6 Å². The quantitative estimate of drug-likeness (QED) is 0.793. The highest BCUT2D eigenvalue weighted by Crippen LogP contribution is 2.38. The Morgan fingerprint density at radius 3 is 2.62 bits per heavy atom. The second-order valence-electron chi connectivity index (χ2n) is 5.95. The van der Waals surface area contributed by atoms with E-state index in [9.17, 15) is 0 Å². The summed E-state index contributed by atoms with van der Waals surface area (Å²) < 4.78 is 0. The van der Waals surface area contributed by atoms with Crippen LogP contribution in [0.3, 0.4) is 0 Å². The van der Waals surface area contributed by atoms with Crippen molar-refractivity contribution in [3.05, 3.63) is 65.2 Å². The van der Waals surface area contributed by atoms with Gasteiger partial charge in [0.2, 0.25) is 0 Å². The van der Waals surface area contributed by atoms with Gasteiger partial charge < -0.3 is 5.32 Å². The van der Waals surface area contributed by atoms with Crippen molar-refractivity contribution in [3.63, 3.8) is 0 Å². The molecular formula is C19H23NS. The van der Waals surface area contributed by atoms with Gasteiger partial charge in [-0.1, -0.05) is 42.0 Å². The zero-order valence-corrected chi connectivity index (χ0v) is 13.6. The van der Waals surface area contributed by atoms with E-state index in [0.29, 0.717) is 6.04 Å². The van der Waals surface area contributed by atoms with E-state index >= 15 is 0 Å². The van der Waals surface area contributed by atoms with Crippen molar-refractivity contribution in [2.75, 3.05) is 12.8 Å². The Labute approximate surface area is 132 Å². The maximum absolute atomic E-state index is 3.49. The second-order valence-corrected chi connectivity index (χ2v) is 7.04. The number of hydrogen-bond acceptors (Lipinski definition) is 2. The highest BCUT2D eigenvalue weighted by atomic mass is 32.2. The number of nitrogens with one attached hydrogen (secondary N) is 1. The molecule has 0 saturated carbocycles. The molecule has 0 fully saturated rings. The van der Waals surface area contributed by atoms with E-state index in [1.807, 2.05) is 11.8 Å². The van der Waals surface area contributed by atoms with E-state index in [-0.39, 0.29) is 0 Å². The second kappa shape index (κ2) is 6.67. The summed E-state index contributed by atoms with van der Waals surface area (Å²) in [6.45, 7) is 2.14. The summed E-state index contributed by atoms with van der Waals surface area (Å²) in [4.78, 5) is 1.37. The lowest BCUT2D eigenvalue weighted by molar-refractivity contribution is 0.468. The molecule has 0 aliphatic heterocycles. The first-order chi connectivity index (χ1) is 10.3. The first-order valence-corrected chi connectivity index (χ1v) is 8.69. The van der Waals surface area contributed by atoms with Crippen LogP contribution in [-0.4, -0.2) is 18.8 Å². The monoisotopic (exact) mass is 297 g/mol. The summed E-state index contributed by atoms with van der Waals surface area (Å²) in [5.41, 5.74) is 4.44. The zero-order valence-electron chi connectivity index (χ0n) is 12.8. The normalized spacial score (nSPS) is 17.9. The molecule has 0 aromatic heterocycles. The third kappa shape index (κ3) is 3.50. The first-order valence-electron chi connectivity index (χ1n) is 7.71. The van der Waals surface area contributed by atoms with Crippen molar-refractivity contribution in [1.29, 1.82) is 0 Å². The van der Waals surface area contributed by atoms with Gasteiger partial charge in [-0.05, 0) is 56.0 Å². The molecule has 2 aromatic rings. The summed E-state index contributed by atoms with van der Waals surface area (Å²) in [5, 5.41) is 3.49. The predicted octanol–water partition coefficient (Wildman–Crippen LogP) is 4.41. The third-order valence-electron chi connectivity index (χ3n) is 4.41. The van der Waals surface area contributed by atoms with Crippen molar-refractivity contribution >= 4 is 11.8 Å². The molecule has 0 spiro atoms. The minimum absolute atomic E-state index is 0.578. The molecule has 0 bridgehead atoms. The standard InChI is InChI=1S/C19H23NS/c1-14-7-9-18(10-8-14)21-13-17(20-2)12-16-11-15-5-3-4-6-19(15)16/h3-10,16-17,20H,11-13H2,1-2H3. The summed E-state index contributed by atoms with van der Waals surface area (Å²) in [6.07, 6.45) is 2.50. The van der Waals surface area contributed by atoms with Crippen LogP contribution < -0.4 is 5.32 Å². The number of fused-ring (bicyclic) bond motifs is 1. The van der Waals surface area contributed by atoms with Gasteiger partial charge in [-0.3, -0.25) is 0 Å². The van der Waals surface area contributed by atoms with E-state index in [2.05, 4.69) is 67.8 Å². The largest absolute Gasteiger partial charge is 0.316 e. The highest BCUT2D eigenvalue weighted by Gasteiger charge is 2.27. The van der Waals surface area contributed by atoms with Crippen LogP contribution in [-0.2, 0) is 6.42 Å². The summed E-state index contributed by atoms with van der Waals surface area (Å²) >= 11 is 1.96. The van der Waals surface area contributed by atoms with Gasteiger partial charge >= 0.3 is 0 Å². The van der Waals surface area contributed by atoms with Crippen LogP contribution in [0.5, 0.6) is 0 Å². The van der Waals surface area contributed by atoms with Crippen LogP contribution in [0.2, 0.25) is 0 Å². The molecule has 2 heteroatoms. The van der Waals surface area contributed by atoms with Gasteiger partial charge in [-0.15, -0.1) is 11.8 Å². The molecule has 1 aliphatic carbocycles. The van der Waals surface area contributed by atoms with E-state index < -0.39 is 0 Å². The Hall–Kier alpha value is -1.25. The molecule has 0 amide bonds. The molecule has 21 heavy (non-hydrogen) atoms. The van der Waals surface area contributed by atoms with Crippen molar-refractivity contribution < 1.29 is 0 Å². The lowest BCUT2D eigenvalue weighted by atomic mass is 9.74. The van der Waals surface area contributed by atoms with Gasteiger partial charge in [0.15, 0.2) is 0 Å². The van der Waals surface area contributed by atoms with Crippen LogP contribution in [0.1, 0.15) is 29.0 Å². The maximum Gasteiger partial charge on any atom is 0.0164 e. The Balaban J connectivity index is 1.53. The molecule has 3 rings (SSSR count). The highest BCUT2D eigenvalue weighted by molar-refractivity contribution is 7.99. The lowest BCUT2D eigenvalue weighted by Gasteiger charge is -2.33. The van der Waals surface area contributed by atoms with Crippen LogP contribution in [0.15, 0.2) is 53.4 Å². The molecule has 0 radical (unpaired) electrons. The SMILES string of the molecule is CNC(CSc1ccc(C)cc1)CC1Cc2ccccc21. The molecule has 0 saturated heterocycles. The van der Waals surface area contributed by atoms with Crippen molar-refractivity contribution in [3.8, 4) is 0 Å². The summed E-state index contributed by atoms with van der Waals surface area (Å²) in [7, 11) is 2.09. The molecule has 110 valence electrons. The average molecular weight is 297 g/mol. The summed E-state index contributed by atoms with van der Waals surface area (Å²) in [5.74, 6) is 1.88. The van der Waals surface area contributed by atoms with Crippen molar-refractivity contribution in [2.24, 2.45) is 0 Å². The minimum Gasteiger partial charge on any atom is -0.316 e. The van der Waals surface area contributed by atoms with Crippen LogP contribution >= 0.6 is 11.8 Å². The molecule has 2 aromatic carbocycles. The van der Waals surface area contributed by atoms with Crippen LogP contribution in [0.25, 0.3) is 0 Å². The lowest BCUT2D eigenvalue weighted by Crippen LogP contribution is -2.32. The van der Waals surface area contributed by atoms with E-state index in [1.54, 1.807) is 11.1 Å². The first kappa shape index (κ1) is 14.7. The molecule has 1 N–H and O–H groups in total. The van der Waals surface area contributed by atoms with Gasteiger partial charge in [-0.2, -0.15) is 0 Å². The molecule has 2 unspecified atom stereocenters. The van der Waals surface area contributed by atoms with Gasteiger partial charge in [0.1, 0.15) is 0 Å². The number of rotatable bonds is 6. The Bertz CT molecular complexity index is 591. The predicted molar refractivity (Wildman–Crippen MR) is 92.3 cm³/mol.